The molecule has 2 N–H and O–H groups in total. The lowest BCUT2D eigenvalue weighted by atomic mass is 10.1. The molecule has 1 aliphatic rings. The highest BCUT2D eigenvalue weighted by molar-refractivity contribution is 5.55. The number of anilines is 1. The Labute approximate surface area is 95.6 Å². The highest BCUT2D eigenvalue weighted by atomic mass is 19.1. The Balaban J connectivity index is 2.30. The second-order valence-corrected chi connectivity index (χ2v) is 4.19. The van der Waals surface area contributed by atoms with Crippen LogP contribution in [-0.2, 0) is 6.54 Å². The largest absolute Gasteiger partial charge is 0.367 e. The smallest absolute Gasteiger partial charge is 0.129 e. The van der Waals surface area contributed by atoms with Crippen LogP contribution in [0.2, 0.25) is 0 Å². The van der Waals surface area contributed by atoms with E-state index in [9.17, 15) is 4.39 Å². The fourth-order valence-electron chi connectivity index (χ4n) is 2.04. The van der Waals surface area contributed by atoms with E-state index in [1.807, 2.05) is 6.07 Å². The number of halogens is 1. The molecule has 0 atom stereocenters. The average molecular weight is 220 g/mol. The lowest BCUT2D eigenvalue weighted by Gasteiger charge is -2.29. The van der Waals surface area contributed by atoms with Gasteiger partial charge in [0.1, 0.15) is 5.82 Å². The van der Waals surface area contributed by atoms with Gasteiger partial charge in [0.2, 0.25) is 0 Å². The number of nitrogens with zero attached hydrogens (tertiary/aromatic N) is 1. The predicted molar refractivity (Wildman–Crippen MR) is 64.9 cm³/mol. The zero-order chi connectivity index (χ0) is 11.5. The minimum atomic E-state index is -0.203. The molecule has 1 heterocycles. The van der Waals surface area contributed by atoms with Crippen molar-refractivity contribution < 1.29 is 4.39 Å². The molecule has 0 saturated heterocycles. The number of hydrogen-bond donors (Lipinski definition) is 1. The van der Waals surface area contributed by atoms with Gasteiger partial charge in [-0.2, -0.15) is 0 Å². The molecule has 2 rings (SSSR count). The highest BCUT2D eigenvalue weighted by Gasteiger charge is 2.15. The first-order valence-electron chi connectivity index (χ1n) is 5.60. The van der Waals surface area contributed by atoms with Gasteiger partial charge in [0.15, 0.2) is 0 Å². The van der Waals surface area contributed by atoms with E-state index in [0.29, 0.717) is 5.56 Å². The molecule has 1 aliphatic heterocycles. The Bertz CT molecular complexity index is 412. The summed E-state index contributed by atoms with van der Waals surface area (Å²) in [6.07, 6.45) is 3.23. The van der Waals surface area contributed by atoms with Crippen molar-refractivity contribution in [3.63, 3.8) is 0 Å². The van der Waals surface area contributed by atoms with Gasteiger partial charge in [0.25, 0.3) is 0 Å². The third kappa shape index (κ3) is 2.09. The second-order valence-electron chi connectivity index (χ2n) is 4.19. The molecule has 3 heteroatoms. The van der Waals surface area contributed by atoms with Gasteiger partial charge in [-0.15, -0.1) is 0 Å². The third-order valence-electron chi connectivity index (χ3n) is 3.08. The Morgan fingerprint density at radius 2 is 2.25 bits per heavy atom. The molecule has 1 aromatic rings. The minimum absolute atomic E-state index is 0.203. The van der Waals surface area contributed by atoms with Crippen LogP contribution in [0.4, 0.5) is 10.1 Å². The lowest BCUT2D eigenvalue weighted by Crippen LogP contribution is -2.29. The summed E-state index contributed by atoms with van der Waals surface area (Å²) < 4.78 is 13.6. The van der Waals surface area contributed by atoms with Crippen LogP contribution in [0.3, 0.4) is 0 Å². The van der Waals surface area contributed by atoms with Gasteiger partial charge in [0, 0.05) is 30.9 Å². The molecule has 0 spiro atoms. The van der Waals surface area contributed by atoms with Crippen molar-refractivity contribution in [1.82, 2.24) is 0 Å². The van der Waals surface area contributed by atoms with E-state index in [-0.39, 0.29) is 12.4 Å². The molecular weight excluding hydrogens is 203 g/mol. The summed E-state index contributed by atoms with van der Waals surface area (Å²) in [5.74, 6) is -0.203. The summed E-state index contributed by atoms with van der Waals surface area (Å²) in [6, 6.07) is 5.16. The molecule has 0 aliphatic carbocycles. The molecule has 0 amide bonds. The van der Waals surface area contributed by atoms with Crippen molar-refractivity contribution in [2.24, 2.45) is 5.73 Å². The average Bonchev–Trinajstić information content (AvgIpc) is 2.30. The maximum absolute atomic E-state index is 13.6. The summed E-state index contributed by atoms with van der Waals surface area (Å²) in [5.41, 5.74) is 8.57. The minimum Gasteiger partial charge on any atom is -0.367 e. The lowest BCUT2D eigenvalue weighted by molar-refractivity contribution is 0.608. The second kappa shape index (κ2) is 4.66. The Morgan fingerprint density at radius 1 is 1.44 bits per heavy atom. The van der Waals surface area contributed by atoms with Crippen molar-refractivity contribution in [2.45, 2.75) is 19.9 Å². The first-order chi connectivity index (χ1) is 7.72. The van der Waals surface area contributed by atoms with E-state index in [2.05, 4.69) is 17.9 Å². The van der Waals surface area contributed by atoms with Gasteiger partial charge in [-0.25, -0.2) is 4.39 Å². The number of benzene rings is 1. The summed E-state index contributed by atoms with van der Waals surface area (Å²) in [5, 5.41) is 0. The monoisotopic (exact) mass is 220 g/mol. The molecule has 0 unspecified atom stereocenters. The molecule has 0 fully saturated rings. The van der Waals surface area contributed by atoms with Crippen molar-refractivity contribution in [3.05, 3.63) is 41.2 Å². The van der Waals surface area contributed by atoms with Crippen molar-refractivity contribution in [1.29, 1.82) is 0 Å². The number of rotatable bonds is 2. The Hall–Kier alpha value is -1.35. The molecule has 0 bridgehead atoms. The van der Waals surface area contributed by atoms with Crippen LogP contribution in [0.1, 0.15) is 18.9 Å². The molecular formula is C13H17FN2. The summed E-state index contributed by atoms with van der Waals surface area (Å²) >= 11 is 0. The van der Waals surface area contributed by atoms with Gasteiger partial charge in [-0.1, -0.05) is 17.7 Å². The van der Waals surface area contributed by atoms with E-state index >= 15 is 0 Å². The maximum atomic E-state index is 13.6. The van der Waals surface area contributed by atoms with Crippen LogP contribution in [-0.4, -0.2) is 13.1 Å². The molecule has 0 aromatic heterocycles. The fraction of sp³-hybridized carbons (Fsp3) is 0.385. The fourth-order valence-corrected chi connectivity index (χ4v) is 2.04. The SMILES string of the molecule is CC1=CCN(c2cccc(F)c2CN)CC1. The summed E-state index contributed by atoms with van der Waals surface area (Å²) in [7, 11) is 0. The van der Waals surface area contributed by atoms with Gasteiger partial charge >= 0.3 is 0 Å². The van der Waals surface area contributed by atoms with Gasteiger partial charge in [-0.05, 0) is 25.5 Å². The van der Waals surface area contributed by atoms with Crippen molar-refractivity contribution >= 4 is 5.69 Å². The molecule has 2 nitrogen and oxygen atoms in total. The van der Waals surface area contributed by atoms with E-state index in [1.54, 1.807) is 6.07 Å². The topological polar surface area (TPSA) is 29.3 Å². The maximum Gasteiger partial charge on any atom is 0.129 e. The molecule has 0 saturated carbocycles. The molecule has 1 aromatic carbocycles. The van der Waals surface area contributed by atoms with Crippen LogP contribution >= 0.6 is 0 Å². The van der Waals surface area contributed by atoms with Crippen molar-refractivity contribution in [3.8, 4) is 0 Å². The zero-order valence-corrected chi connectivity index (χ0v) is 9.54. The Morgan fingerprint density at radius 3 is 2.88 bits per heavy atom. The molecule has 0 radical (unpaired) electrons. The van der Waals surface area contributed by atoms with Crippen LogP contribution in [0.15, 0.2) is 29.8 Å². The zero-order valence-electron chi connectivity index (χ0n) is 9.54. The molecule has 16 heavy (non-hydrogen) atoms. The van der Waals surface area contributed by atoms with Crippen LogP contribution < -0.4 is 10.6 Å². The van der Waals surface area contributed by atoms with Crippen LogP contribution in [0, 0.1) is 5.82 Å². The standard InChI is InChI=1S/C13H17FN2/c1-10-5-7-16(8-6-10)13-4-2-3-12(14)11(13)9-15/h2-5H,6-9,15H2,1H3. The first kappa shape index (κ1) is 11.1. The van der Waals surface area contributed by atoms with E-state index in [4.69, 9.17) is 5.73 Å². The predicted octanol–water partition coefficient (Wildman–Crippen LogP) is 2.44. The highest BCUT2D eigenvalue weighted by Crippen LogP contribution is 2.25. The Kier molecular flexibility index (Phi) is 3.25. The first-order valence-corrected chi connectivity index (χ1v) is 5.60. The van der Waals surface area contributed by atoms with Crippen LogP contribution in [0.25, 0.3) is 0 Å². The van der Waals surface area contributed by atoms with Gasteiger partial charge in [-0.3, -0.25) is 0 Å². The van der Waals surface area contributed by atoms with E-state index < -0.39 is 0 Å². The number of nitrogens with two attached hydrogens (primary N) is 1. The summed E-state index contributed by atoms with van der Waals surface area (Å²) in [4.78, 5) is 2.18. The normalized spacial score (nSPS) is 16.2. The van der Waals surface area contributed by atoms with Crippen molar-refractivity contribution in [2.75, 3.05) is 18.0 Å². The molecule has 86 valence electrons. The van der Waals surface area contributed by atoms with E-state index in [1.165, 1.54) is 11.6 Å². The third-order valence-corrected chi connectivity index (χ3v) is 3.08. The van der Waals surface area contributed by atoms with Gasteiger partial charge in [0.05, 0.1) is 0 Å². The quantitative estimate of drug-likeness (QED) is 0.776. The van der Waals surface area contributed by atoms with Crippen LogP contribution in [0.5, 0.6) is 0 Å². The number of hydrogen-bond acceptors (Lipinski definition) is 2. The summed E-state index contributed by atoms with van der Waals surface area (Å²) in [6.45, 7) is 4.18. The van der Waals surface area contributed by atoms with E-state index in [0.717, 1.165) is 25.2 Å². The van der Waals surface area contributed by atoms with Gasteiger partial charge < -0.3 is 10.6 Å².